The lowest BCUT2D eigenvalue weighted by molar-refractivity contribution is 0.0950. The molecule has 0 aliphatic rings. The van der Waals surface area contributed by atoms with Crippen molar-refractivity contribution in [3.63, 3.8) is 0 Å². The van der Waals surface area contributed by atoms with Gasteiger partial charge in [0.1, 0.15) is 5.76 Å². The van der Waals surface area contributed by atoms with Crippen LogP contribution in [0.1, 0.15) is 37.3 Å². The largest absolute Gasteiger partial charge is 0.360 e. The Morgan fingerprint density at radius 1 is 1.26 bits per heavy atom. The van der Waals surface area contributed by atoms with Crippen molar-refractivity contribution >= 4 is 17.2 Å². The van der Waals surface area contributed by atoms with E-state index in [0.29, 0.717) is 17.9 Å². The molecule has 3 heterocycles. The predicted molar refractivity (Wildman–Crippen MR) is 90.3 cm³/mol. The van der Waals surface area contributed by atoms with Gasteiger partial charge in [-0.2, -0.15) is 0 Å². The molecule has 3 aromatic rings. The van der Waals surface area contributed by atoms with Crippen LogP contribution >= 0.6 is 11.3 Å². The summed E-state index contributed by atoms with van der Waals surface area (Å²) < 4.78 is 7.07. The van der Waals surface area contributed by atoms with Gasteiger partial charge >= 0.3 is 0 Å². The predicted octanol–water partition coefficient (Wildman–Crippen LogP) is 3.69. The van der Waals surface area contributed by atoms with Crippen LogP contribution in [0.2, 0.25) is 0 Å². The zero-order valence-corrected chi connectivity index (χ0v) is 14.5. The van der Waals surface area contributed by atoms with E-state index in [0.717, 1.165) is 22.0 Å². The van der Waals surface area contributed by atoms with Gasteiger partial charge in [-0.15, -0.1) is 11.3 Å². The number of amides is 1. The van der Waals surface area contributed by atoms with E-state index in [1.165, 1.54) is 4.88 Å². The fourth-order valence-corrected chi connectivity index (χ4v) is 3.48. The third-order valence-corrected chi connectivity index (χ3v) is 4.74. The number of rotatable bonds is 4. The van der Waals surface area contributed by atoms with Crippen molar-refractivity contribution in [3.8, 4) is 5.82 Å². The fraction of sp³-hybridized carbons (Fsp3) is 0.294. The lowest BCUT2D eigenvalue weighted by Gasteiger charge is -2.06. The Hall–Kier alpha value is -2.34. The summed E-state index contributed by atoms with van der Waals surface area (Å²) in [5, 5.41) is 7.02. The first-order valence-electron chi connectivity index (χ1n) is 7.42. The molecule has 0 fully saturated rings. The summed E-state index contributed by atoms with van der Waals surface area (Å²) in [6.45, 7) is 8.33. The first-order chi connectivity index (χ1) is 11.0. The van der Waals surface area contributed by atoms with Gasteiger partial charge in [0.05, 0.1) is 12.1 Å². The second-order valence-corrected chi connectivity index (χ2v) is 6.98. The Morgan fingerprint density at radius 2 is 2.04 bits per heavy atom. The third kappa shape index (κ3) is 3.07. The number of carbonyl (C=O) groups is 1. The smallest absolute Gasteiger partial charge is 0.253 e. The molecule has 23 heavy (non-hydrogen) atoms. The van der Waals surface area contributed by atoms with E-state index in [2.05, 4.69) is 23.5 Å². The lowest BCUT2D eigenvalue weighted by Crippen LogP contribution is -2.22. The molecule has 6 heteroatoms. The van der Waals surface area contributed by atoms with Gasteiger partial charge in [-0.1, -0.05) is 5.16 Å². The molecule has 0 aliphatic carbocycles. The zero-order valence-electron chi connectivity index (χ0n) is 13.6. The van der Waals surface area contributed by atoms with Crippen LogP contribution in [0.4, 0.5) is 0 Å². The van der Waals surface area contributed by atoms with Crippen molar-refractivity contribution in [1.82, 2.24) is 15.0 Å². The Morgan fingerprint density at radius 3 is 2.65 bits per heavy atom. The minimum absolute atomic E-state index is 0.0735. The van der Waals surface area contributed by atoms with E-state index >= 15 is 0 Å². The lowest BCUT2D eigenvalue weighted by atomic mass is 10.2. The van der Waals surface area contributed by atoms with E-state index in [1.54, 1.807) is 11.3 Å². The van der Waals surface area contributed by atoms with E-state index in [1.807, 2.05) is 43.5 Å². The quantitative estimate of drug-likeness (QED) is 0.794. The van der Waals surface area contributed by atoms with E-state index in [-0.39, 0.29) is 5.91 Å². The van der Waals surface area contributed by atoms with Gasteiger partial charge in [0.2, 0.25) is 0 Å². The molecule has 0 bridgehead atoms. The van der Waals surface area contributed by atoms with Crippen molar-refractivity contribution in [3.05, 3.63) is 56.7 Å². The number of aryl methyl sites for hydroxylation is 3. The molecule has 0 radical (unpaired) electrons. The molecule has 5 nitrogen and oxygen atoms in total. The van der Waals surface area contributed by atoms with Crippen LogP contribution < -0.4 is 5.32 Å². The summed E-state index contributed by atoms with van der Waals surface area (Å²) >= 11 is 1.69. The maximum atomic E-state index is 12.5. The summed E-state index contributed by atoms with van der Waals surface area (Å²) in [5.74, 6) is 1.37. The standard InChI is InChI=1S/C17H19N3O2S/c1-10-7-15(13(4)20(10)16-8-11(2)22-19-16)17(21)18-9-14-6-5-12(3)23-14/h5-8H,9H2,1-4H3,(H,18,21). The molecule has 0 spiro atoms. The number of aromatic nitrogens is 2. The summed E-state index contributed by atoms with van der Waals surface area (Å²) in [7, 11) is 0. The topological polar surface area (TPSA) is 60.1 Å². The number of nitrogens with zero attached hydrogens (tertiary/aromatic N) is 2. The minimum atomic E-state index is -0.0735. The number of hydrogen-bond donors (Lipinski definition) is 1. The number of carbonyl (C=O) groups excluding carboxylic acids is 1. The highest BCUT2D eigenvalue weighted by atomic mass is 32.1. The molecule has 0 aromatic carbocycles. The van der Waals surface area contributed by atoms with Crippen LogP contribution in [0.25, 0.3) is 5.82 Å². The Labute approximate surface area is 138 Å². The van der Waals surface area contributed by atoms with Gasteiger partial charge in [-0.25, -0.2) is 0 Å². The highest BCUT2D eigenvalue weighted by molar-refractivity contribution is 7.11. The molecule has 1 N–H and O–H groups in total. The second-order valence-electron chi connectivity index (χ2n) is 5.61. The van der Waals surface area contributed by atoms with Gasteiger partial charge < -0.3 is 9.84 Å². The van der Waals surface area contributed by atoms with E-state index in [9.17, 15) is 4.79 Å². The molecule has 0 saturated carbocycles. The third-order valence-electron chi connectivity index (χ3n) is 3.74. The highest BCUT2D eigenvalue weighted by Gasteiger charge is 2.18. The van der Waals surface area contributed by atoms with Gasteiger partial charge in [-0.3, -0.25) is 9.36 Å². The molecule has 0 atom stereocenters. The number of thiophene rings is 1. The molecule has 0 aliphatic heterocycles. The molecular formula is C17H19N3O2S. The fourth-order valence-electron chi connectivity index (χ4n) is 2.65. The number of nitrogens with one attached hydrogen (secondary N) is 1. The molecule has 3 aromatic heterocycles. The van der Waals surface area contributed by atoms with Crippen molar-refractivity contribution in [2.75, 3.05) is 0 Å². The maximum Gasteiger partial charge on any atom is 0.253 e. The van der Waals surface area contributed by atoms with E-state index < -0.39 is 0 Å². The number of hydrogen-bond acceptors (Lipinski definition) is 4. The average Bonchev–Trinajstić information content (AvgIpc) is 3.17. The van der Waals surface area contributed by atoms with Gasteiger partial charge in [0.25, 0.3) is 5.91 Å². The van der Waals surface area contributed by atoms with Crippen LogP contribution in [0.5, 0.6) is 0 Å². The normalized spacial score (nSPS) is 11.0. The molecule has 0 unspecified atom stereocenters. The minimum Gasteiger partial charge on any atom is -0.360 e. The molecule has 120 valence electrons. The Kier molecular flexibility index (Phi) is 4.09. The van der Waals surface area contributed by atoms with Gasteiger partial charge in [0.15, 0.2) is 5.82 Å². The maximum absolute atomic E-state index is 12.5. The Balaban J connectivity index is 1.81. The summed E-state index contributed by atoms with van der Waals surface area (Å²) in [6, 6.07) is 7.84. The molecule has 1 amide bonds. The second kappa shape index (κ2) is 6.04. The van der Waals surface area contributed by atoms with Crippen LogP contribution in [0.3, 0.4) is 0 Å². The summed E-state index contributed by atoms with van der Waals surface area (Å²) in [4.78, 5) is 14.9. The van der Waals surface area contributed by atoms with E-state index in [4.69, 9.17) is 4.52 Å². The zero-order chi connectivity index (χ0) is 16.6. The van der Waals surface area contributed by atoms with Crippen LogP contribution in [-0.2, 0) is 6.54 Å². The highest BCUT2D eigenvalue weighted by Crippen LogP contribution is 2.21. The van der Waals surface area contributed by atoms with Crippen LogP contribution in [0.15, 0.2) is 28.8 Å². The van der Waals surface area contributed by atoms with Crippen LogP contribution in [-0.4, -0.2) is 15.6 Å². The monoisotopic (exact) mass is 329 g/mol. The van der Waals surface area contributed by atoms with Gasteiger partial charge in [0, 0.05) is 27.2 Å². The average molecular weight is 329 g/mol. The van der Waals surface area contributed by atoms with Crippen molar-refractivity contribution < 1.29 is 9.32 Å². The van der Waals surface area contributed by atoms with Crippen molar-refractivity contribution in [1.29, 1.82) is 0 Å². The summed E-state index contributed by atoms with van der Waals surface area (Å²) in [6.07, 6.45) is 0. The SMILES string of the molecule is Cc1cc(-n2c(C)cc(C(=O)NCc3ccc(C)s3)c2C)no1. The molecule has 3 rings (SSSR count). The van der Waals surface area contributed by atoms with Crippen LogP contribution in [0, 0.1) is 27.7 Å². The summed E-state index contributed by atoms with van der Waals surface area (Å²) in [5.41, 5.74) is 2.47. The molecular weight excluding hydrogens is 310 g/mol. The van der Waals surface area contributed by atoms with Crippen molar-refractivity contribution in [2.45, 2.75) is 34.2 Å². The molecule has 0 saturated heterocycles. The first kappa shape index (κ1) is 15.6. The van der Waals surface area contributed by atoms with Crippen molar-refractivity contribution in [2.24, 2.45) is 0 Å². The Bertz CT molecular complexity index is 857. The van der Waals surface area contributed by atoms with Gasteiger partial charge in [-0.05, 0) is 45.9 Å². The first-order valence-corrected chi connectivity index (χ1v) is 8.23.